The third-order valence-corrected chi connectivity index (χ3v) is 12.7. The standard InChI is InChI=1S/C38H65NO28/c1-8-16(44)20(48)23(51)34(57-8)64-29-14(7-42)61-37(27(55)31(29)66-35-24(52)21(49)17(45)9(2)58-35)63-28-13(6-41)62-38(32(26(28)54)67-36-25(53)22(50)18(46)10(3)59-36)65-30-15(39-11(4)43)33(56)60-12(5-40)19(30)47/h8-10,12-38,40-42,44-56H,5-7H2,1-4H3,(H,39,43)/t8-,9-,10+,12-,13-,14-,15-,16+,17+,18-,19+,20-,21-,22-,23-,24-,25+,26+,27+,28+,29-,30-,31-,32-,33+,34+,35+,36?,37?,38?/m1/s1. The molecule has 6 heterocycles. The average Bonchev–Trinajstić information content (AvgIpc) is 3.29. The second kappa shape index (κ2) is 22.9. The van der Waals surface area contributed by atoms with Gasteiger partial charge in [0.2, 0.25) is 5.91 Å². The number of hydrogen-bond donors (Lipinski definition) is 17. The molecule has 67 heavy (non-hydrogen) atoms. The molecule has 29 nitrogen and oxygen atoms in total. The van der Waals surface area contributed by atoms with E-state index in [-0.39, 0.29) is 0 Å². The lowest BCUT2D eigenvalue weighted by molar-refractivity contribution is -0.409. The van der Waals surface area contributed by atoms with E-state index in [1.54, 1.807) is 0 Å². The molecular formula is C38H65NO28. The molecule has 0 aromatic heterocycles. The van der Waals surface area contributed by atoms with Gasteiger partial charge < -0.3 is 139 Å². The van der Waals surface area contributed by atoms with Gasteiger partial charge in [-0.05, 0) is 20.8 Å². The first kappa shape index (κ1) is 54.7. The van der Waals surface area contributed by atoms with Crippen molar-refractivity contribution in [3.8, 4) is 0 Å². The van der Waals surface area contributed by atoms with Crippen LogP contribution in [0.25, 0.3) is 0 Å². The summed E-state index contributed by atoms with van der Waals surface area (Å²) < 4.78 is 63.8. The van der Waals surface area contributed by atoms with Crippen LogP contribution in [0.1, 0.15) is 27.7 Å². The molecule has 6 fully saturated rings. The summed E-state index contributed by atoms with van der Waals surface area (Å²) in [4.78, 5) is 12.2. The molecule has 29 heteroatoms. The third-order valence-electron chi connectivity index (χ3n) is 12.7. The Morgan fingerprint density at radius 3 is 1.21 bits per heavy atom. The van der Waals surface area contributed by atoms with Gasteiger partial charge in [0, 0.05) is 6.92 Å². The highest BCUT2D eigenvalue weighted by molar-refractivity contribution is 5.73. The van der Waals surface area contributed by atoms with E-state index in [1.165, 1.54) is 20.8 Å². The maximum atomic E-state index is 12.2. The highest BCUT2D eigenvalue weighted by Crippen LogP contribution is 2.38. The van der Waals surface area contributed by atoms with Crippen molar-refractivity contribution < 1.29 is 139 Å². The lowest BCUT2D eigenvalue weighted by atomic mass is 9.94. The Hall–Kier alpha value is -1.61. The molecule has 0 spiro atoms. The van der Waals surface area contributed by atoms with Crippen molar-refractivity contribution in [2.24, 2.45) is 0 Å². The summed E-state index contributed by atoms with van der Waals surface area (Å²) in [5, 5.41) is 175. The minimum Gasteiger partial charge on any atom is -0.394 e. The van der Waals surface area contributed by atoms with Gasteiger partial charge in [0.1, 0.15) is 128 Å². The summed E-state index contributed by atoms with van der Waals surface area (Å²) in [5.41, 5.74) is 0. The van der Waals surface area contributed by atoms with Crippen molar-refractivity contribution in [2.45, 2.75) is 212 Å². The number of carbonyl (C=O) groups excluding carboxylic acids is 1. The molecule has 30 atom stereocenters. The van der Waals surface area contributed by atoms with Crippen molar-refractivity contribution in [3.05, 3.63) is 0 Å². The Balaban J connectivity index is 1.33. The second-order valence-corrected chi connectivity index (χ2v) is 17.4. The topological polar surface area (TPSA) is 454 Å². The van der Waals surface area contributed by atoms with Gasteiger partial charge in [-0.3, -0.25) is 4.79 Å². The summed E-state index contributed by atoms with van der Waals surface area (Å²) in [6, 6.07) is -1.60. The van der Waals surface area contributed by atoms with E-state index in [0.717, 1.165) is 6.92 Å². The number of aliphatic hydroxyl groups is 16. The first-order valence-electron chi connectivity index (χ1n) is 21.7. The molecule has 0 aliphatic carbocycles. The maximum Gasteiger partial charge on any atom is 0.217 e. The zero-order valence-electron chi connectivity index (χ0n) is 36.5. The van der Waals surface area contributed by atoms with Crippen LogP contribution in [0.15, 0.2) is 0 Å². The third kappa shape index (κ3) is 11.4. The Morgan fingerprint density at radius 2 is 0.761 bits per heavy atom. The van der Waals surface area contributed by atoms with Crippen molar-refractivity contribution >= 4 is 5.91 Å². The Kier molecular flexibility index (Phi) is 18.7. The molecule has 0 bridgehead atoms. The number of aliphatic hydroxyl groups excluding tert-OH is 16. The van der Waals surface area contributed by atoms with Crippen LogP contribution in [0.3, 0.4) is 0 Å². The highest BCUT2D eigenvalue weighted by Gasteiger charge is 2.58. The van der Waals surface area contributed by atoms with Gasteiger partial charge in [0.05, 0.1) is 38.1 Å². The predicted molar refractivity (Wildman–Crippen MR) is 207 cm³/mol. The van der Waals surface area contributed by atoms with Crippen LogP contribution in [-0.2, 0) is 56.9 Å². The molecule has 0 radical (unpaired) electrons. The highest BCUT2D eigenvalue weighted by atomic mass is 16.8. The fourth-order valence-corrected chi connectivity index (χ4v) is 8.72. The molecule has 6 saturated heterocycles. The number of carbonyl (C=O) groups is 1. The van der Waals surface area contributed by atoms with E-state index in [4.69, 9.17) is 52.1 Å². The lowest BCUT2D eigenvalue weighted by Gasteiger charge is -2.51. The molecule has 0 saturated carbocycles. The maximum absolute atomic E-state index is 12.2. The van der Waals surface area contributed by atoms with Crippen molar-refractivity contribution in [3.63, 3.8) is 0 Å². The first-order valence-corrected chi connectivity index (χ1v) is 21.7. The molecule has 17 N–H and O–H groups in total. The van der Waals surface area contributed by atoms with Crippen LogP contribution < -0.4 is 5.32 Å². The van der Waals surface area contributed by atoms with Crippen LogP contribution in [0, 0.1) is 0 Å². The monoisotopic (exact) mass is 983 g/mol. The summed E-state index contributed by atoms with van der Waals surface area (Å²) in [7, 11) is 0. The molecule has 6 aliphatic rings. The van der Waals surface area contributed by atoms with Gasteiger partial charge in [-0.1, -0.05) is 0 Å². The van der Waals surface area contributed by atoms with E-state index < -0.39 is 210 Å². The predicted octanol–water partition coefficient (Wildman–Crippen LogP) is -10.9. The zero-order valence-corrected chi connectivity index (χ0v) is 36.5. The molecule has 6 rings (SSSR count). The molecule has 0 aromatic carbocycles. The van der Waals surface area contributed by atoms with Gasteiger partial charge in [-0.2, -0.15) is 0 Å². The molecule has 6 aliphatic heterocycles. The smallest absolute Gasteiger partial charge is 0.217 e. The van der Waals surface area contributed by atoms with Crippen molar-refractivity contribution in [2.75, 3.05) is 19.8 Å². The summed E-state index contributed by atoms with van der Waals surface area (Å²) >= 11 is 0. The molecule has 3 unspecified atom stereocenters. The van der Waals surface area contributed by atoms with Crippen LogP contribution in [0.5, 0.6) is 0 Å². The summed E-state index contributed by atoms with van der Waals surface area (Å²) in [6.07, 6.45) is -52.4. The molecule has 390 valence electrons. The van der Waals surface area contributed by atoms with Gasteiger partial charge in [-0.25, -0.2) is 0 Å². The van der Waals surface area contributed by atoms with E-state index in [9.17, 15) is 86.5 Å². The molecule has 1 amide bonds. The second-order valence-electron chi connectivity index (χ2n) is 17.4. The van der Waals surface area contributed by atoms with E-state index in [0.29, 0.717) is 0 Å². The first-order chi connectivity index (χ1) is 31.5. The number of nitrogens with one attached hydrogen (secondary N) is 1. The largest absolute Gasteiger partial charge is 0.394 e. The van der Waals surface area contributed by atoms with Crippen LogP contribution in [-0.4, -0.2) is 292 Å². The van der Waals surface area contributed by atoms with Crippen molar-refractivity contribution in [1.29, 1.82) is 0 Å². The Labute approximate surface area is 381 Å². The SMILES string of the molecule is CC(=O)N[C@@H]1[C@@H](OC2O[C@H](CO)[C@H](OC3O[C@H](CO)[C@@H](O[C@@H]4O[C@H](C)[C@H](O)[C@@H](O)[C@H]4O)[C@H](O[C@@H]4O[C@H](C)[C@H](O)[C@@H](O)[C@H]4O)[C@@H]3O)[C@H](O)[C@H]2OC2O[C@@H](C)[C@@H](O)[C@@H](O)[C@@H]2O)[C@@H](O)[C@@H](CO)O[C@@H]1O. The van der Waals surface area contributed by atoms with E-state index >= 15 is 0 Å². The van der Waals surface area contributed by atoms with Gasteiger partial charge in [0.15, 0.2) is 37.7 Å². The van der Waals surface area contributed by atoms with Crippen molar-refractivity contribution in [1.82, 2.24) is 5.32 Å². The van der Waals surface area contributed by atoms with Gasteiger partial charge >= 0.3 is 0 Å². The molecule has 0 aromatic rings. The number of amides is 1. The fraction of sp³-hybridized carbons (Fsp3) is 0.974. The number of rotatable bonds is 14. The molecular weight excluding hydrogens is 918 g/mol. The zero-order chi connectivity index (χ0) is 49.5. The van der Waals surface area contributed by atoms with E-state index in [2.05, 4.69) is 5.32 Å². The van der Waals surface area contributed by atoms with Gasteiger partial charge in [0.25, 0.3) is 0 Å². The number of ether oxygens (including phenoxy) is 11. The normalized spacial score (nSPS) is 53.3. The van der Waals surface area contributed by atoms with Crippen LogP contribution in [0.2, 0.25) is 0 Å². The Morgan fingerprint density at radius 1 is 0.388 bits per heavy atom. The van der Waals surface area contributed by atoms with Gasteiger partial charge in [-0.15, -0.1) is 0 Å². The summed E-state index contributed by atoms with van der Waals surface area (Å²) in [6.45, 7) is 2.06. The fourth-order valence-electron chi connectivity index (χ4n) is 8.72. The minimum absolute atomic E-state index is 0.751. The van der Waals surface area contributed by atoms with Crippen LogP contribution >= 0.6 is 0 Å². The van der Waals surface area contributed by atoms with Crippen LogP contribution in [0.4, 0.5) is 0 Å². The summed E-state index contributed by atoms with van der Waals surface area (Å²) in [5.74, 6) is -0.751. The minimum atomic E-state index is -2.20. The average molecular weight is 984 g/mol. The quantitative estimate of drug-likeness (QED) is 0.0768. The number of hydrogen-bond acceptors (Lipinski definition) is 28. The van der Waals surface area contributed by atoms with E-state index in [1.807, 2.05) is 0 Å². The lowest BCUT2D eigenvalue weighted by Crippen LogP contribution is -2.70. The Bertz CT molecular complexity index is 1580.